The van der Waals surface area contributed by atoms with Gasteiger partial charge in [-0.1, -0.05) is 18.2 Å². The maximum absolute atomic E-state index is 13.7. The average Bonchev–Trinajstić information content (AvgIpc) is 2.52. The predicted octanol–water partition coefficient (Wildman–Crippen LogP) is 3.23. The van der Waals surface area contributed by atoms with Gasteiger partial charge in [-0.25, -0.2) is 4.39 Å². The third kappa shape index (κ3) is 2.72. The maximum Gasteiger partial charge on any atom is 0.165 e. The monoisotopic (exact) mass is 287 g/mol. The number of nitrogens with two attached hydrogens (primary N) is 1. The van der Waals surface area contributed by atoms with Crippen LogP contribution in [0.1, 0.15) is 23.6 Å². The van der Waals surface area contributed by atoms with Crippen LogP contribution in [0.25, 0.3) is 0 Å². The van der Waals surface area contributed by atoms with Crippen LogP contribution in [0.4, 0.5) is 4.39 Å². The van der Waals surface area contributed by atoms with Crippen molar-refractivity contribution in [3.05, 3.63) is 59.4 Å². The summed E-state index contributed by atoms with van der Waals surface area (Å²) in [4.78, 5) is 0. The lowest BCUT2D eigenvalue weighted by molar-refractivity contribution is 0.147. The van der Waals surface area contributed by atoms with Gasteiger partial charge in [0.25, 0.3) is 0 Å². The van der Waals surface area contributed by atoms with Crippen molar-refractivity contribution in [2.24, 2.45) is 5.73 Å². The second kappa shape index (κ2) is 5.74. The zero-order valence-corrected chi connectivity index (χ0v) is 11.9. The smallest absolute Gasteiger partial charge is 0.165 e. The first-order valence-electron chi connectivity index (χ1n) is 7.02. The number of methoxy groups -OCH3 is 1. The number of rotatable bonds is 3. The van der Waals surface area contributed by atoms with Crippen molar-refractivity contribution >= 4 is 0 Å². The Kier molecular flexibility index (Phi) is 3.80. The second-order valence-corrected chi connectivity index (χ2v) is 5.22. The molecule has 4 heteroatoms. The van der Waals surface area contributed by atoms with E-state index in [0.29, 0.717) is 0 Å². The molecule has 0 aromatic heterocycles. The Hall–Kier alpha value is -2.07. The van der Waals surface area contributed by atoms with Crippen LogP contribution < -0.4 is 15.2 Å². The van der Waals surface area contributed by atoms with Gasteiger partial charge < -0.3 is 15.2 Å². The fraction of sp³-hybridized carbons (Fsp3) is 0.294. The summed E-state index contributed by atoms with van der Waals surface area (Å²) in [6, 6.07) is 12.0. The molecule has 1 aliphatic carbocycles. The molecular formula is C17H18FNO2. The van der Waals surface area contributed by atoms with Crippen LogP contribution in [-0.2, 0) is 6.42 Å². The van der Waals surface area contributed by atoms with E-state index in [1.807, 2.05) is 18.2 Å². The van der Waals surface area contributed by atoms with E-state index in [4.69, 9.17) is 15.2 Å². The highest BCUT2D eigenvalue weighted by Crippen LogP contribution is 2.33. The number of halogens is 1. The Morgan fingerprint density at radius 3 is 2.76 bits per heavy atom. The molecule has 2 aromatic carbocycles. The van der Waals surface area contributed by atoms with Crippen LogP contribution in [0.2, 0.25) is 0 Å². The van der Waals surface area contributed by atoms with Gasteiger partial charge in [-0.15, -0.1) is 0 Å². The number of hydrogen-bond acceptors (Lipinski definition) is 3. The van der Waals surface area contributed by atoms with E-state index in [1.165, 1.54) is 11.6 Å². The van der Waals surface area contributed by atoms with Crippen molar-refractivity contribution in [1.82, 2.24) is 0 Å². The van der Waals surface area contributed by atoms with Crippen molar-refractivity contribution < 1.29 is 13.9 Å². The lowest BCUT2D eigenvalue weighted by Gasteiger charge is -2.31. The van der Waals surface area contributed by atoms with Crippen molar-refractivity contribution in [2.45, 2.75) is 25.0 Å². The van der Waals surface area contributed by atoms with Crippen molar-refractivity contribution in [2.75, 3.05) is 7.11 Å². The van der Waals surface area contributed by atoms with E-state index >= 15 is 0 Å². The molecule has 0 radical (unpaired) electrons. The maximum atomic E-state index is 13.7. The highest BCUT2D eigenvalue weighted by Gasteiger charge is 2.29. The SMILES string of the molecule is COc1ccc2c(c1)C(N)C(Oc1ccccc1F)CC2. The molecule has 0 aliphatic heterocycles. The molecule has 110 valence electrons. The first-order valence-corrected chi connectivity index (χ1v) is 7.02. The number of fused-ring (bicyclic) bond motifs is 1. The Labute approximate surface area is 123 Å². The molecule has 0 heterocycles. The molecule has 1 aliphatic rings. The molecule has 3 nitrogen and oxygen atoms in total. The fourth-order valence-corrected chi connectivity index (χ4v) is 2.75. The number of hydrogen-bond donors (Lipinski definition) is 1. The van der Waals surface area contributed by atoms with Crippen LogP contribution >= 0.6 is 0 Å². The largest absolute Gasteiger partial charge is 0.497 e. The zero-order chi connectivity index (χ0) is 14.8. The normalized spacial score (nSPS) is 20.7. The summed E-state index contributed by atoms with van der Waals surface area (Å²) in [6.45, 7) is 0. The molecule has 2 aromatic rings. The topological polar surface area (TPSA) is 44.5 Å². The molecule has 0 spiro atoms. The number of ether oxygens (including phenoxy) is 2. The van der Waals surface area contributed by atoms with Crippen LogP contribution in [0.15, 0.2) is 42.5 Å². The summed E-state index contributed by atoms with van der Waals surface area (Å²) in [7, 11) is 1.63. The number of benzene rings is 2. The minimum absolute atomic E-state index is 0.235. The highest BCUT2D eigenvalue weighted by atomic mass is 19.1. The molecule has 0 fully saturated rings. The molecule has 21 heavy (non-hydrogen) atoms. The fourth-order valence-electron chi connectivity index (χ4n) is 2.75. The second-order valence-electron chi connectivity index (χ2n) is 5.22. The van der Waals surface area contributed by atoms with E-state index in [2.05, 4.69) is 0 Å². The summed E-state index contributed by atoms with van der Waals surface area (Å²) >= 11 is 0. The Bertz CT molecular complexity index is 644. The number of para-hydroxylation sites is 1. The van der Waals surface area contributed by atoms with Crippen LogP contribution in [-0.4, -0.2) is 13.2 Å². The van der Waals surface area contributed by atoms with Crippen molar-refractivity contribution in [3.8, 4) is 11.5 Å². The van der Waals surface area contributed by atoms with E-state index < -0.39 is 0 Å². The summed E-state index contributed by atoms with van der Waals surface area (Å²) in [5.41, 5.74) is 8.53. The summed E-state index contributed by atoms with van der Waals surface area (Å²) in [5, 5.41) is 0. The van der Waals surface area contributed by atoms with Gasteiger partial charge >= 0.3 is 0 Å². The van der Waals surface area contributed by atoms with Gasteiger partial charge in [0, 0.05) is 0 Å². The Morgan fingerprint density at radius 1 is 1.19 bits per heavy atom. The zero-order valence-electron chi connectivity index (χ0n) is 11.9. The Balaban J connectivity index is 1.85. The minimum Gasteiger partial charge on any atom is -0.497 e. The van der Waals surface area contributed by atoms with Gasteiger partial charge in [0.15, 0.2) is 11.6 Å². The van der Waals surface area contributed by atoms with Crippen molar-refractivity contribution in [1.29, 1.82) is 0 Å². The van der Waals surface area contributed by atoms with E-state index in [9.17, 15) is 4.39 Å². The van der Waals surface area contributed by atoms with Gasteiger partial charge in [-0.05, 0) is 48.2 Å². The molecular weight excluding hydrogens is 269 g/mol. The van der Waals surface area contributed by atoms with E-state index in [0.717, 1.165) is 24.2 Å². The lowest BCUT2D eigenvalue weighted by atomic mass is 9.86. The van der Waals surface area contributed by atoms with Crippen LogP contribution in [0.5, 0.6) is 11.5 Å². The van der Waals surface area contributed by atoms with Crippen LogP contribution in [0, 0.1) is 5.82 Å². The molecule has 2 atom stereocenters. The van der Waals surface area contributed by atoms with Crippen LogP contribution in [0.3, 0.4) is 0 Å². The van der Waals surface area contributed by atoms with Gasteiger partial charge in [-0.3, -0.25) is 0 Å². The van der Waals surface area contributed by atoms with Gasteiger partial charge in [0.2, 0.25) is 0 Å². The first kappa shape index (κ1) is 13.9. The highest BCUT2D eigenvalue weighted by molar-refractivity contribution is 5.40. The molecule has 0 saturated heterocycles. The average molecular weight is 287 g/mol. The standard InChI is InChI=1S/C17H18FNO2/c1-20-12-8-6-11-7-9-16(17(19)13(11)10-12)21-15-5-3-2-4-14(15)18/h2-6,8,10,16-17H,7,9,19H2,1H3. The lowest BCUT2D eigenvalue weighted by Crippen LogP contribution is -2.36. The number of aryl methyl sites for hydroxylation is 1. The molecule has 3 rings (SSSR count). The molecule has 2 N–H and O–H groups in total. The molecule has 0 amide bonds. The Morgan fingerprint density at radius 2 is 2.00 bits per heavy atom. The van der Waals surface area contributed by atoms with Gasteiger partial charge in [-0.2, -0.15) is 0 Å². The third-order valence-corrected chi connectivity index (χ3v) is 3.93. The van der Waals surface area contributed by atoms with Gasteiger partial charge in [0.1, 0.15) is 11.9 Å². The quantitative estimate of drug-likeness (QED) is 0.942. The molecule has 0 bridgehead atoms. The summed E-state index contributed by atoms with van der Waals surface area (Å²) in [5.74, 6) is 0.668. The first-order chi connectivity index (χ1) is 10.2. The molecule has 2 unspecified atom stereocenters. The summed E-state index contributed by atoms with van der Waals surface area (Å²) < 4.78 is 24.7. The molecule has 0 saturated carbocycles. The third-order valence-electron chi connectivity index (χ3n) is 3.93. The minimum atomic E-state index is -0.360. The van der Waals surface area contributed by atoms with Crippen molar-refractivity contribution in [3.63, 3.8) is 0 Å². The predicted molar refractivity (Wildman–Crippen MR) is 79.1 cm³/mol. The van der Waals surface area contributed by atoms with E-state index in [-0.39, 0.29) is 23.7 Å². The van der Waals surface area contributed by atoms with Gasteiger partial charge in [0.05, 0.1) is 13.2 Å². The summed E-state index contributed by atoms with van der Waals surface area (Å²) in [6.07, 6.45) is 1.41. The van der Waals surface area contributed by atoms with E-state index in [1.54, 1.807) is 25.3 Å².